The SMILES string of the molecule is CCCCCC/C=C\C/C=C\CCCCCCCC(=O)OCCCCCCCCCCCCCCCCCCC(=O)NC(CO)C(O)/C=C/CCCCCCCCCCCCC. The van der Waals surface area contributed by atoms with Crippen LogP contribution < -0.4 is 5.32 Å². The molecule has 0 rings (SSSR count). The van der Waals surface area contributed by atoms with E-state index < -0.39 is 12.1 Å². The van der Waals surface area contributed by atoms with E-state index in [-0.39, 0.29) is 18.5 Å². The van der Waals surface area contributed by atoms with Crippen molar-refractivity contribution in [3.63, 3.8) is 0 Å². The second kappa shape index (κ2) is 51.7. The first kappa shape index (κ1) is 60.1. The van der Waals surface area contributed by atoms with Gasteiger partial charge in [-0.2, -0.15) is 0 Å². The summed E-state index contributed by atoms with van der Waals surface area (Å²) in [5, 5.41) is 23.0. The zero-order valence-electron chi connectivity index (χ0n) is 41.4. The molecule has 0 fully saturated rings. The number of amides is 1. The van der Waals surface area contributed by atoms with Crippen molar-refractivity contribution >= 4 is 11.9 Å². The first-order chi connectivity index (χ1) is 30.5. The van der Waals surface area contributed by atoms with Crippen LogP contribution in [0, 0.1) is 0 Å². The van der Waals surface area contributed by atoms with Crippen molar-refractivity contribution in [1.82, 2.24) is 5.32 Å². The van der Waals surface area contributed by atoms with E-state index >= 15 is 0 Å². The number of rotatable bonds is 50. The summed E-state index contributed by atoms with van der Waals surface area (Å²) >= 11 is 0. The Morgan fingerprint density at radius 1 is 0.452 bits per heavy atom. The van der Waals surface area contributed by atoms with Crippen LogP contribution in [-0.4, -0.2) is 47.4 Å². The number of aliphatic hydroxyl groups is 2. The van der Waals surface area contributed by atoms with Crippen LogP contribution in [-0.2, 0) is 14.3 Å². The topological polar surface area (TPSA) is 95.9 Å². The molecule has 0 heterocycles. The average molecular weight is 872 g/mol. The summed E-state index contributed by atoms with van der Waals surface area (Å²) in [6.45, 7) is 4.86. The van der Waals surface area contributed by atoms with Crippen LogP contribution in [0.2, 0.25) is 0 Å². The minimum atomic E-state index is -0.849. The largest absolute Gasteiger partial charge is 0.466 e. The first-order valence-corrected chi connectivity index (χ1v) is 27.3. The molecule has 0 aliphatic carbocycles. The fourth-order valence-electron chi connectivity index (χ4n) is 8.19. The number of unbranched alkanes of at least 4 members (excludes halogenated alkanes) is 35. The lowest BCUT2D eigenvalue weighted by atomic mass is 10.0. The molecule has 1 amide bonds. The van der Waals surface area contributed by atoms with Crippen molar-refractivity contribution in [3.05, 3.63) is 36.5 Å². The molecule has 0 aliphatic rings. The van der Waals surface area contributed by atoms with Crippen molar-refractivity contribution < 1.29 is 24.5 Å². The molecule has 3 N–H and O–H groups in total. The van der Waals surface area contributed by atoms with Gasteiger partial charge in [0.2, 0.25) is 5.91 Å². The maximum Gasteiger partial charge on any atom is 0.305 e. The fraction of sp³-hybridized carbons (Fsp3) is 0.857. The lowest BCUT2D eigenvalue weighted by molar-refractivity contribution is -0.143. The van der Waals surface area contributed by atoms with Crippen molar-refractivity contribution in [2.75, 3.05) is 13.2 Å². The van der Waals surface area contributed by atoms with Crippen LogP contribution in [0.15, 0.2) is 36.5 Å². The van der Waals surface area contributed by atoms with Crippen LogP contribution in [0.5, 0.6) is 0 Å². The molecule has 6 nitrogen and oxygen atoms in total. The number of carbonyl (C=O) groups is 2. The third-order valence-electron chi connectivity index (χ3n) is 12.4. The zero-order valence-corrected chi connectivity index (χ0v) is 41.4. The monoisotopic (exact) mass is 872 g/mol. The third-order valence-corrected chi connectivity index (χ3v) is 12.4. The summed E-state index contributed by atoms with van der Waals surface area (Å²) in [5.41, 5.74) is 0. The molecule has 0 aromatic carbocycles. The van der Waals surface area contributed by atoms with E-state index in [4.69, 9.17) is 4.74 Å². The molecule has 0 spiro atoms. The minimum absolute atomic E-state index is 0.0117. The molecule has 0 saturated heterocycles. The normalized spacial score (nSPS) is 12.9. The van der Waals surface area contributed by atoms with E-state index in [1.807, 2.05) is 6.08 Å². The van der Waals surface area contributed by atoms with Gasteiger partial charge in [-0.25, -0.2) is 0 Å². The van der Waals surface area contributed by atoms with Crippen LogP contribution in [0.1, 0.15) is 284 Å². The molecule has 0 aromatic rings. The van der Waals surface area contributed by atoms with Gasteiger partial charge in [0.05, 0.1) is 25.4 Å². The van der Waals surface area contributed by atoms with E-state index in [1.165, 1.54) is 199 Å². The summed E-state index contributed by atoms with van der Waals surface area (Å²) in [5.74, 6) is -0.0876. The molecule has 0 aromatic heterocycles. The Bertz CT molecular complexity index is 1010. The molecule has 2 unspecified atom stereocenters. The summed E-state index contributed by atoms with van der Waals surface area (Å²) in [6.07, 6.45) is 62.9. The van der Waals surface area contributed by atoms with Crippen molar-refractivity contribution in [1.29, 1.82) is 0 Å². The van der Waals surface area contributed by atoms with Gasteiger partial charge >= 0.3 is 5.97 Å². The van der Waals surface area contributed by atoms with Gasteiger partial charge < -0.3 is 20.3 Å². The van der Waals surface area contributed by atoms with E-state index in [0.717, 1.165) is 57.8 Å². The number of nitrogens with one attached hydrogen (secondary N) is 1. The van der Waals surface area contributed by atoms with Gasteiger partial charge in [-0.1, -0.05) is 243 Å². The van der Waals surface area contributed by atoms with Gasteiger partial charge in [-0.3, -0.25) is 9.59 Å². The summed E-state index contributed by atoms with van der Waals surface area (Å²) < 4.78 is 5.47. The number of hydrogen-bond acceptors (Lipinski definition) is 5. The summed E-state index contributed by atoms with van der Waals surface area (Å²) in [6, 6.07) is -0.633. The second-order valence-electron chi connectivity index (χ2n) is 18.6. The first-order valence-electron chi connectivity index (χ1n) is 27.3. The molecular formula is C56H105NO5. The van der Waals surface area contributed by atoms with E-state index in [1.54, 1.807) is 6.08 Å². The molecule has 0 saturated carbocycles. The Hall–Kier alpha value is -1.92. The molecule has 364 valence electrons. The third kappa shape index (κ3) is 47.6. The highest BCUT2D eigenvalue weighted by molar-refractivity contribution is 5.76. The van der Waals surface area contributed by atoms with Crippen LogP contribution >= 0.6 is 0 Å². The Morgan fingerprint density at radius 2 is 0.806 bits per heavy atom. The lowest BCUT2D eigenvalue weighted by Gasteiger charge is -2.20. The predicted octanol–water partition coefficient (Wildman–Crippen LogP) is 16.5. The molecule has 0 aliphatic heterocycles. The van der Waals surface area contributed by atoms with Gasteiger partial charge in [-0.15, -0.1) is 0 Å². The Balaban J connectivity index is 3.45. The van der Waals surface area contributed by atoms with E-state index in [0.29, 0.717) is 19.4 Å². The Labute approximate surface area is 385 Å². The summed E-state index contributed by atoms with van der Waals surface area (Å²) in [4.78, 5) is 24.5. The van der Waals surface area contributed by atoms with Crippen LogP contribution in [0.25, 0.3) is 0 Å². The molecule has 2 atom stereocenters. The highest BCUT2D eigenvalue weighted by Gasteiger charge is 2.18. The molecular weight excluding hydrogens is 767 g/mol. The van der Waals surface area contributed by atoms with Gasteiger partial charge in [0.15, 0.2) is 0 Å². The number of hydrogen-bond donors (Lipinski definition) is 3. The number of carbonyl (C=O) groups excluding carboxylic acids is 2. The predicted molar refractivity (Wildman–Crippen MR) is 269 cm³/mol. The maximum absolute atomic E-state index is 12.4. The van der Waals surface area contributed by atoms with Gasteiger partial charge in [-0.05, 0) is 64.2 Å². The highest BCUT2D eigenvalue weighted by atomic mass is 16.5. The molecule has 62 heavy (non-hydrogen) atoms. The van der Waals surface area contributed by atoms with Gasteiger partial charge in [0.1, 0.15) is 0 Å². The van der Waals surface area contributed by atoms with Gasteiger partial charge in [0.25, 0.3) is 0 Å². The smallest absolute Gasteiger partial charge is 0.305 e. The zero-order chi connectivity index (χ0) is 45.1. The maximum atomic E-state index is 12.4. The summed E-state index contributed by atoms with van der Waals surface area (Å²) in [7, 11) is 0. The fourth-order valence-corrected chi connectivity index (χ4v) is 8.19. The molecule has 0 radical (unpaired) electrons. The minimum Gasteiger partial charge on any atom is -0.466 e. The van der Waals surface area contributed by atoms with E-state index in [9.17, 15) is 19.8 Å². The molecule has 6 heteroatoms. The van der Waals surface area contributed by atoms with Crippen molar-refractivity contribution in [2.24, 2.45) is 0 Å². The second-order valence-corrected chi connectivity index (χ2v) is 18.6. The standard InChI is InChI=1S/C56H105NO5/c1-3-5-7-9-11-13-15-17-18-22-26-30-34-38-42-46-50-56(61)62-51-47-43-39-35-31-27-23-20-19-21-25-29-33-37-41-45-49-55(60)57-53(52-58)54(59)48-44-40-36-32-28-24-16-14-12-10-8-6-4-2/h13,15,18,22,44,48,53-54,58-59H,3-12,14,16-17,19-21,23-43,45-47,49-52H2,1-2H3,(H,57,60)/b15-13-,22-18-,48-44+. The van der Waals surface area contributed by atoms with Gasteiger partial charge in [0, 0.05) is 12.8 Å². The van der Waals surface area contributed by atoms with Crippen LogP contribution in [0.3, 0.4) is 0 Å². The number of allylic oxidation sites excluding steroid dienone is 5. The Morgan fingerprint density at radius 3 is 1.24 bits per heavy atom. The van der Waals surface area contributed by atoms with E-state index in [2.05, 4.69) is 43.5 Å². The lowest BCUT2D eigenvalue weighted by Crippen LogP contribution is -2.45. The quantitative estimate of drug-likeness (QED) is 0.0321. The van der Waals surface area contributed by atoms with Crippen molar-refractivity contribution in [2.45, 2.75) is 296 Å². The number of ether oxygens (including phenoxy) is 1. The van der Waals surface area contributed by atoms with Crippen molar-refractivity contribution in [3.8, 4) is 0 Å². The Kier molecular flexibility index (Phi) is 50.1. The molecule has 0 bridgehead atoms. The van der Waals surface area contributed by atoms with Crippen LogP contribution in [0.4, 0.5) is 0 Å². The number of aliphatic hydroxyl groups excluding tert-OH is 2. The average Bonchev–Trinajstić information content (AvgIpc) is 3.27. The highest BCUT2D eigenvalue weighted by Crippen LogP contribution is 2.16. The number of esters is 1.